The quantitative estimate of drug-likeness (QED) is 0.763. The Hall–Kier alpha value is -1.00. The largest absolute Gasteiger partial charge is 0.324 e. The Bertz CT molecular complexity index is 331. The predicted octanol–water partition coefficient (Wildman–Crippen LogP) is 1.70. The lowest BCUT2D eigenvalue weighted by atomic mass is 9.90. The van der Waals surface area contributed by atoms with E-state index in [1.54, 1.807) is 13.8 Å². The average Bonchev–Trinajstić information content (AvgIpc) is 2.01. The number of halogens is 2. The smallest absolute Gasteiger partial charge is 0.130 e. The van der Waals surface area contributed by atoms with Crippen LogP contribution in [0.25, 0.3) is 0 Å². The van der Waals surface area contributed by atoms with Crippen molar-refractivity contribution in [2.24, 2.45) is 11.5 Å². The molecule has 0 fully saturated rings. The highest BCUT2D eigenvalue weighted by atomic mass is 19.1. The Morgan fingerprint density at radius 2 is 1.86 bits per heavy atom. The summed E-state index contributed by atoms with van der Waals surface area (Å²) < 4.78 is 25.9. The van der Waals surface area contributed by atoms with Crippen LogP contribution in [-0.2, 0) is 0 Å². The Labute approximate surface area is 81.9 Å². The fraction of sp³-hybridized carbons (Fsp3) is 0.400. The van der Waals surface area contributed by atoms with Gasteiger partial charge in [0.05, 0.1) is 6.04 Å². The van der Waals surface area contributed by atoms with Crippen molar-refractivity contribution in [3.8, 4) is 0 Å². The maximum absolute atomic E-state index is 13.3. The van der Waals surface area contributed by atoms with E-state index in [1.165, 1.54) is 12.1 Å². The van der Waals surface area contributed by atoms with Gasteiger partial charge in [0.25, 0.3) is 0 Å². The Morgan fingerprint density at radius 1 is 1.29 bits per heavy atom. The van der Waals surface area contributed by atoms with Gasteiger partial charge in [-0.2, -0.15) is 0 Å². The van der Waals surface area contributed by atoms with Gasteiger partial charge in [-0.3, -0.25) is 0 Å². The molecule has 0 saturated heterocycles. The van der Waals surface area contributed by atoms with Crippen molar-refractivity contribution in [2.45, 2.75) is 25.4 Å². The first-order valence-corrected chi connectivity index (χ1v) is 4.32. The van der Waals surface area contributed by atoms with Gasteiger partial charge >= 0.3 is 0 Å². The van der Waals surface area contributed by atoms with Crippen molar-refractivity contribution in [3.63, 3.8) is 0 Å². The molecular formula is C10H14F2N2. The zero-order chi connectivity index (χ0) is 10.9. The Balaban J connectivity index is 3.08. The maximum Gasteiger partial charge on any atom is 0.130 e. The molecule has 0 heterocycles. The molecule has 4 N–H and O–H groups in total. The second-order valence-corrected chi connectivity index (χ2v) is 3.96. The van der Waals surface area contributed by atoms with Crippen LogP contribution in [0.2, 0.25) is 0 Å². The first-order chi connectivity index (χ1) is 6.32. The highest BCUT2D eigenvalue weighted by molar-refractivity contribution is 5.24. The molecule has 0 aromatic heterocycles. The van der Waals surface area contributed by atoms with E-state index in [1.807, 2.05) is 0 Å². The summed E-state index contributed by atoms with van der Waals surface area (Å²) >= 11 is 0. The summed E-state index contributed by atoms with van der Waals surface area (Å²) in [6.45, 7) is 3.39. The van der Waals surface area contributed by atoms with Crippen LogP contribution in [0.3, 0.4) is 0 Å². The minimum Gasteiger partial charge on any atom is -0.324 e. The van der Waals surface area contributed by atoms with Gasteiger partial charge in [0.2, 0.25) is 0 Å². The van der Waals surface area contributed by atoms with Crippen molar-refractivity contribution in [3.05, 3.63) is 35.4 Å². The summed E-state index contributed by atoms with van der Waals surface area (Å²) in [5.74, 6) is -1.27. The molecule has 0 amide bonds. The van der Waals surface area contributed by atoms with E-state index in [-0.39, 0.29) is 5.56 Å². The van der Waals surface area contributed by atoms with Gasteiger partial charge in [-0.05, 0) is 19.9 Å². The zero-order valence-corrected chi connectivity index (χ0v) is 8.22. The van der Waals surface area contributed by atoms with E-state index in [2.05, 4.69) is 0 Å². The van der Waals surface area contributed by atoms with Crippen LogP contribution in [-0.4, -0.2) is 5.54 Å². The second-order valence-electron chi connectivity index (χ2n) is 3.96. The Kier molecular flexibility index (Phi) is 2.87. The number of benzene rings is 1. The monoisotopic (exact) mass is 200 g/mol. The molecule has 1 atom stereocenters. The van der Waals surface area contributed by atoms with Crippen molar-refractivity contribution < 1.29 is 8.78 Å². The average molecular weight is 200 g/mol. The highest BCUT2D eigenvalue weighted by Gasteiger charge is 2.25. The van der Waals surface area contributed by atoms with Gasteiger partial charge in [0.15, 0.2) is 0 Å². The summed E-state index contributed by atoms with van der Waals surface area (Å²) in [6.07, 6.45) is 0. The summed E-state index contributed by atoms with van der Waals surface area (Å²) in [4.78, 5) is 0. The van der Waals surface area contributed by atoms with Gasteiger partial charge in [-0.25, -0.2) is 8.78 Å². The van der Waals surface area contributed by atoms with Crippen molar-refractivity contribution in [1.29, 1.82) is 0 Å². The van der Waals surface area contributed by atoms with Crippen molar-refractivity contribution in [1.82, 2.24) is 0 Å². The number of rotatable bonds is 2. The van der Waals surface area contributed by atoms with Crippen molar-refractivity contribution in [2.75, 3.05) is 0 Å². The summed E-state index contributed by atoms with van der Waals surface area (Å²) in [5.41, 5.74) is 11.0. The molecule has 0 aliphatic heterocycles. The molecular weight excluding hydrogens is 186 g/mol. The molecule has 2 nitrogen and oxygen atoms in total. The van der Waals surface area contributed by atoms with Gasteiger partial charge in [-0.1, -0.05) is 6.07 Å². The van der Waals surface area contributed by atoms with E-state index < -0.39 is 23.2 Å². The lowest BCUT2D eigenvalue weighted by molar-refractivity contribution is 0.405. The minimum atomic E-state index is -0.737. The first-order valence-electron chi connectivity index (χ1n) is 4.32. The first kappa shape index (κ1) is 11.1. The molecule has 14 heavy (non-hydrogen) atoms. The summed E-state index contributed by atoms with van der Waals surface area (Å²) in [5, 5.41) is 0. The molecule has 0 spiro atoms. The fourth-order valence-electron chi connectivity index (χ4n) is 1.15. The molecule has 1 aromatic rings. The van der Waals surface area contributed by atoms with Gasteiger partial charge in [0, 0.05) is 17.2 Å². The SMILES string of the molecule is CC(C)(N)C(N)c1ccc(F)cc1F. The highest BCUT2D eigenvalue weighted by Crippen LogP contribution is 2.23. The fourth-order valence-corrected chi connectivity index (χ4v) is 1.15. The Morgan fingerprint density at radius 3 is 2.29 bits per heavy atom. The van der Waals surface area contributed by atoms with Crippen LogP contribution in [0.4, 0.5) is 8.78 Å². The maximum atomic E-state index is 13.3. The zero-order valence-electron chi connectivity index (χ0n) is 8.22. The van der Waals surface area contributed by atoms with Gasteiger partial charge in [0.1, 0.15) is 11.6 Å². The van der Waals surface area contributed by atoms with Gasteiger partial charge < -0.3 is 11.5 Å². The molecule has 4 heteroatoms. The number of hydrogen-bond donors (Lipinski definition) is 2. The molecule has 1 aromatic carbocycles. The molecule has 0 saturated carbocycles. The lowest BCUT2D eigenvalue weighted by Crippen LogP contribution is -2.44. The summed E-state index contributed by atoms with van der Waals surface area (Å²) in [7, 11) is 0. The summed E-state index contributed by atoms with van der Waals surface area (Å²) in [6, 6.07) is 2.65. The molecule has 0 aliphatic carbocycles. The van der Waals surface area contributed by atoms with Crippen LogP contribution >= 0.6 is 0 Å². The van der Waals surface area contributed by atoms with Gasteiger partial charge in [-0.15, -0.1) is 0 Å². The van der Waals surface area contributed by atoms with E-state index >= 15 is 0 Å². The van der Waals surface area contributed by atoms with Crippen LogP contribution in [0.1, 0.15) is 25.5 Å². The third-order valence-electron chi connectivity index (χ3n) is 2.10. The normalized spacial score (nSPS) is 14.1. The molecule has 0 radical (unpaired) electrons. The van der Waals surface area contributed by atoms with Crippen LogP contribution in [0.5, 0.6) is 0 Å². The van der Waals surface area contributed by atoms with Crippen molar-refractivity contribution >= 4 is 0 Å². The van der Waals surface area contributed by atoms with E-state index in [0.29, 0.717) is 0 Å². The number of nitrogens with two attached hydrogens (primary N) is 2. The topological polar surface area (TPSA) is 52.0 Å². The standard InChI is InChI=1S/C10H14F2N2/c1-10(2,14)9(13)7-4-3-6(11)5-8(7)12/h3-5,9H,13-14H2,1-2H3. The van der Waals surface area contributed by atoms with E-state index in [0.717, 1.165) is 6.07 Å². The van der Waals surface area contributed by atoms with E-state index in [9.17, 15) is 8.78 Å². The third kappa shape index (κ3) is 2.27. The molecule has 1 unspecified atom stereocenters. The molecule has 78 valence electrons. The second kappa shape index (κ2) is 3.63. The van der Waals surface area contributed by atoms with Crippen LogP contribution < -0.4 is 11.5 Å². The third-order valence-corrected chi connectivity index (χ3v) is 2.10. The number of hydrogen-bond acceptors (Lipinski definition) is 2. The predicted molar refractivity (Wildman–Crippen MR) is 51.6 cm³/mol. The van der Waals surface area contributed by atoms with Crippen LogP contribution in [0.15, 0.2) is 18.2 Å². The molecule has 1 rings (SSSR count). The lowest BCUT2D eigenvalue weighted by Gasteiger charge is -2.27. The van der Waals surface area contributed by atoms with Crippen LogP contribution in [0, 0.1) is 11.6 Å². The molecule has 0 aliphatic rings. The van der Waals surface area contributed by atoms with E-state index in [4.69, 9.17) is 11.5 Å². The molecule has 0 bridgehead atoms. The minimum absolute atomic E-state index is 0.235.